The van der Waals surface area contributed by atoms with Crippen LogP contribution in [0.25, 0.3) is 28.0 Å². The van der Waals surface area contributed by atoms with Crippen molar-refractivity contribution in [2.75, 3.05) is 11.9 Å². The second kappa shape index (κ2) is 8.14. The number of amides is 1. The lowest BCUT2D eigenvalue weighted by Crippen LogP contribution is -2.24. The molecule has 0 saturated heterocycles. The van der Waals surface area contributed by atoms with E-state index in [1.165, 1.54) is 30.3 Å². The standard InChI is InChI=1S/C22H16F3N5O2/c1-11-9-12(23)5-6-13(11)19-14-7-8-18(32)30(20-15(24)3-2-4-16(20)25)21(14)29-22(28-19)27-10-17(26)31/h2-9H,10H2,1H3,(H2,26,31)(H,27,28,29). The molecule has 1 amide bonds. The van der Waals surface area contributed by atoms with Gasteiger partial charge in [0.15, 0.2) is 5.65 Å². The number of fused-ring (bicyclic) bond motifs is 1. The van der Waals surface area contributed by atoms with Crippen LogP contribution in [-0.4, -0.2) is 27.0 Å². The number of rotatable bonds is 5. The van der Waals surface area contributed by atoms with Crippen LogP contribution in [-0.2, 0) is 4.79 Å². The lowest BCUT2D eigenvalue weighted by Gasteiger charge is -2.16. The van der Waals surface area contributed by atoms with E-state index in [-0.39, 0.29) is 29.2 Å². The fourth-order valence-corrected chi connectivity index (χ4v) is 3.38. The van der Waals surface area contributed by atoms with Gasteiger partial charge in [-0.25, -0.2) is 18.2 Å². The molecular weight excluding hydrogens is 423 g/mol. The molecule has 0 radical (unpaired) electrons. The predicted molar refractivity (Wildman–Crippen MR) is 113 cm³/mol. The molecule has 0 fully saturated rings. The molecule has 7 nitrogen and oxygen atoms in total. The number of benzene rings is 2. The van der Waals surface area contributed by atoms with Crippen LogP contribution in [0.4, 0.5) is 19.1 Å². The zero-order valence-electron chi connectivity index (χ0n) is 16.7. The molecule has 32 heavy (non-hydrogen) atoms. The first kappa shape index (κ1) is 21.0. The van der Waals surface area contributed by atoms with Crippen LogP contribution in [0.2, 0.25) is 0 Å². The Morgan fingerprint density at radius 1 is 1.06 bits per heavy atom. The minimum Gasteiger partial charge on any atom is -0.368 e. The van der Waals surface area contributed by atoms with Crippen molar-refractivity contribution in [2.45, 2.75) is 6.92 Å². The Hall–Kier alpha value is -4.21. The highest BCUT2D eigenvalue weighted by molar-refractivity contribution is 5.93. The highest BCUT2D eigenvalue weighted by Crippen LogP contribution is 2.31. The summed E-state index contributed by atoms with van der Waals surface area (Å²) in [6.07, 6.45) is 0. The molecule has 4 aromatic rings. The van der Waals surface area contributed by atoms with Gasteiger partial charge in [-0.1, -0.05) is 6.07 Å². The van der Waals surface area contributed by atoms with Gasteiger partial charge in [-0.15, -0.1) is 0 Å². The first-order chi connectivity index (χ1) is 15.3. The summed E-state index contributed by atoms with van der Waals surface area (Å²) in [5, 5.41) is 2.91. The Morgan fingerprint density at radius 2 is 1.78 bits per heavy atom. The van der Waals surface area contributed by atoms with E-state index in [2.05, 4.69) is 15.3 Å². The van der Waals surface area contributed by atoms with Crippen molar-refractivity contribution in [3.05, 3.63) is 81.9 Å². The molecule has 2 heterocycles. The molecule has 0 spiro atoms. The lowest BCUT2D eigenvalue weighted by atomic mass is 10.0. The number of para-hydroxylation sites is 1. The highest BCUT2D eigenvalue weighted by Gasteiger charge is 2.20. The van der Waals surface area contributed by atoms with E-state index in [4.69, 9.17) is 5.73 Å². The van der Waals surface area contributed by atoms with Crippen LogP contribution in [0.15, 0.2) is 53.3 Å². The minimum absolute atomic E-state index is 0.105. The largest absolute Gasteiger partial charge is 0.368 e. The zero-order chi connectivity index (χ0) is 23.0. The monoisotopic (exact) mass is 439 g/mol. The number of nitrogens with one attached hydrogen (secondary N) is 1. The third kappa shape index (κ3) is 3.78. The van der Waals surface area contributed by atoms with Crippen molar-refractivity contribution >= 4 is 22.9 Å². The van der Waals surface area contributed by atoms with Crippen LogP contribution in [0.3, 0.4) is 0 Å². The summed E-state index contributed by atoms with van der Waals surface area (Å²) in [5.41, 5.74) is 5.02. The molecule has 0 aliphatic rings. The molecule has 0 saturated carbocycles. The second-order valence-corrected chi connectivity index (χ2v) is 6.99. The van der Waals surface area contributed by atoms with E-state index >= 15 is 0 Å². The third-order valence-corrected chi connectivity index (χ3v) is 4.78. The summed E-state index contributed by atoms with van der Waals surface area (Å²) in [4.78, 5) is 32.5. The number of aryl methyl sites for hydroxylation is 1. The van der Waals surface area contributed by atoms with E-state index < -0.39 is 34.6 Å². The van der Waals surface area contributed by atoms with Gasteiger partial charge in [0, 0.05) is 17.0 Å². The number of halogens is 3. The summed E-state index contributed by atoms with van der Waals surface area (Å²) in [6.45, 7) is 1.34. The second-order valence-electron chi connectivity index (χ2n) is 6.99. The van der Waals surface area contributed by atoms with Crippen LogP contribution in [0.1, 0.15) is 5.56 Å². The van der Waals surface area contributed by atoms with Crippen LogP contribution in [0.5, 0.6) is 0 Å². The zero-order valence-corrected chi connectivity index (χ0v) is 16.7. The average molecular weight is 439 g/mol. The number of nitrogens with two attached hydrogens (primary N) is 1. The molecule has 0 aliphatic carbocycles. The van der Waals surface area contributed by atoms with Crippen molar-refractivity contribution in [1.82, 2.24) is 14.5 Å². The maximum absolute atomic E-state index is 14.6. The van der Waals surface area contributed by atoms with Gasteiger partial charge in [-0.3, -0.25) is 14.2 Å². The van der Waals surface area contributed by atoms with E-state index in [1.807, 2.05) is 0 Å². The van der Waals surface area contributed by atoms with Gasteiger partial charge in [0.25, 0.3) is 5.56 Å². The summed E-state index contributed by atoms with van der Waals surface area (Å²) >= 11 is 0. The molecule has 162 valence electrons. The first-order valence-corrected chi connectivity index (χ1v) is 9.43. The molecule has 0 atom stereocenters. The molecule has 0 unspecified atom stereocenters. The fraction of sp³-hybridized carbons (Fsp3) is 0.0909. The van der Waals surface area contributed by atoms with E-state index in [1.54, 1.807) is 6.92 Å². The van der Waals surface area contributed by atoms with Gasteiger partial charge in [-0.2, -0.15) is 4.98 Å². The summed E-state index contributed by atoms with van der Waals surface area (Å²) < 4.78 is 43.6. The van der Waals surface area contributed by atoms with Crippen molar-refractivity contribution in [2.24, 2.45) is 5.73 Å². The molecule has 2 aromatic carbocycles. The highest BCUT2D eigenvalue weighted by atomic mass is 19.1. The Morgan fingerprint density at radius 3 is 2.44 bits per heavy atom. The summed E-state index contributed by atoms with van der Waals surface area (Å²) in [5.74, 6) is -3.19. The first-order valence-electron chi connectivity index (χ1n) is 9.43. The molecule has 4 rings (SSSR count). The van der Waals surface area contributed by atoms with Crippen molar-refractivity contribution < 1.29 is 18.0 Å². The Kier molecular flexibility index (Phi) is 5.35. The number of hydrogen-bond donors (Lipinski definition) is 2. The number of nitrogens with zero attached hydrogens (tertiary/aromatic N) is 3. The van der Waals surface area contributed by atoms with Crippen LogP contribution >= 0.6 is 0 Å². The van der Waals surface area contributed by atoms with E-state index in [9.17, 15) is 22.8 Å². The number of anilines is 1. The average Bonchev–Trinajstić information content (AvgIpc) is 2.73. The fourth-order valence-electron chi connectivity index (χ4n) is 3.38. The Bertz CT molecular complexity index is 1420. The van der Waals surface area contributed by atoms with Gasteiger partial charge in [0.05, 0.1) is 12.2 Å². The predicted octanol–water partition coefficient (Wildman–Crippen LogP) is 3.07. The SMILES string of the molecule is Cc1cc(F)ccc1-c1nc(NCC(N)=O)nc2c1ccc(=O)n2-c1c(F)cccc1F. The van der Waals surface area contributed by atoms with Crippen LogP contribution in [0, 0.1) is 24.4 Å². The molecule has 0 bridgehead atoms. The summed E-state index contributed by atoms with van der Waals surface area (Å²) in [6, 6.07) is 9.78. The third-order valence-electron chi connectivity index (χ3n) is 4.78. The molecular formula is C22H16F3N5O2. The number of hydrogen-bond acceptors (Lipinski definition) is 5. The molecule has 10 heteroatoms. The molecule has 2 aromatic heterocycles. The minimum atomic E-state index is -0.968. The van der Waals surface area contributed by atoms with Crippen molar-refractivity contribution in [3.8, 4) is 16.9 Å². The van der Waals surface area contributed by atoms with Gasteiger partial charge >= 0.3 is 0 Å². The van der Waals surface area contributed by atoms with Gasteiger partial charge in [0.2, 0.25) is 11.9 Å². The lowest BCUT2D eigenvalue weighted by molar-refractivity contribution is -0.116. The number of carbonyl (C=O) groups is 1. The summed E-state index contributed by atoms with van der Waals surface area (Å²) in [7, 11) is 0. The molecule has 0 aliphatic heterocycles. The topological polar surface area (TPSA) is 103 Å². The van der Waals surface area contributed by atoms with E-state index in [0.29, 0.717) is 11.1 Å². The van der Waals surface area contributed by atoms with Crippen molar-refractivity contribution in [3.63, 3.8) is 0 Å². The number of pyridine rings is 1. The number of carbonyl (C=O) groups excluding carboxylic acids is 1. The molecule has 3 N–H and O–H groups in total. The quantitative estimate of drug-likeness (QED) is 0.498. The van der Waals surface area contributed by atoms with Gasteiger partial charge in [0.1, 0.15) is 23.1 Å². The Balaban J connectivity index is 2.11. The Labute approximate surface area is 179 Å². The van der Waals surface area contributed by atoms with Crippen molar-refractivity contribution in [1.29, 1.82) is 0 Å². The van der Waals surface area contributed by atoms with E-state index in [0.717, 1.165) is 22.8 Å². The maximum atomic E-state index is 14.6. The number of primary amides is 1. The normalized spacial score (nSPS) is 11.0. The number of aromatic nitrogens is 3. The van der Waals surface area contributed by atoms with Crippen LogP contribution < -0.4 is 16.6 Å². The van der Waals surface area contributed by atoms with Gasteiger partial charge in [-0.05, 0) is 48.9 Å². The van der Waals surface area contributed by atoms with Gasteiger partial charge < -0.3 is 11.1 Å². The smallest absolute Gasteiger partial charge is 0.256 e. The maximum Gasteiger partial charge on any atom is 0.256 e.